The van der Waals surface area contributed by atoms with Crippen molar-refractivity contribution in [3.63, 3.8) is 0 Å². The predicted molar refractivity (Wildman–Crippen MR) is 46.5 cm³/mol. The third kappa shape index (κ3) is 2.09. The van der Waals surface area contributed by atoms with Crippen LogP contribution in [-0.4, -0.2) is 5.11 Å². The van der Waals surface area contributed by atoms with Crippen molar-refractivity contribution in [3.05, 3.63) is 23.7 Å². The summed E-state index contributed by atoms with van der Waals surface area (Å²) in [4.78, 5) is 0. The summed E-state index contributed by atoms with van der Waals surface area (Å²) in [5.41, 5.74) is 5.80. The highest BCUT2D eigenvalue weighted by Crippen LogP contribution is 2.18. The van der Waals surface area contributed by atoms with Gasteiger partial charge in [-0.15, -0.1) is 0 Å². The van der Waals surface area contributed by atoms with E-state index < -0.39 is 0 Å². The summed E-state index contributed by atoms with van der Waals surface area (Å²) >= 11 is 0. The third-order valence-corrected chi connectivity index (χ3v) is 1.80. The molecule has 0 saturated carbocycles. The van der Waals surface area contributed by atoms with E-state index in [2.05, 4.69) is 6.92 Å². The lowest BCUT2D eigenvalue weighted by atomic mass is 10.1. The SMILES string of the molecule is CCCC(N)c1ccc(CO)o1. The smallest absolute Gasteiger partial charge is 0.129 e. The molecule has 0 radical (unpaired) electrons. The Kier molecular flexibility index (Phi) is 3.31. The standard InChI is InChI=1S/C9H15NO2/c1-2-3-8(10)9-5-4-7(6-11)12-9/h4-5,8,11H,2-3,6,10H2,1H3. The molecular weight excluding hydrogens is 154 g/mol. The number of hydrogen-bond donors (Lipinski definition) is 2. The van der Waals surface area contributed by atoms with Gasteiger partial charge in [0.25, 0.3) is 0 Å². The van der Waals surface area contributed by atoms with Crippen molar-refractivity contribution in [2.24, 2.45) is 5.73 Å². The van der Waals surface area contributed by atoms with Gasteiger partial charge < -0.3 is 15.3 Å². The fourth-order valence-corrected chi connectivity index (χ4v) is 1.13. The van der Waals surface area contributed by atoms with Crippen LogP contribution in [0, 0.1) is 0 Å². The first-order valence-electron chi connectivity index (χ1n) is 4.23. The highest BCUT2D eigenvalue weighted by Gasteiger charge is 2.08. The van der Waals surface area contributed by atoms with Crippen molar-refractivity contribution >= 4 is 0 Å². The zero-order valence-corrected chi connectivity index (χ0v) is 7.29. The molecular formula is C9H15NO2. The zero-order chi connectivity index (χ0) is 8.97. The van der Waals surface area contributed by atoms with E-state index in [4.69, 9.17) is 15.3 Å². The molecule has 12 heavy (non-hydrogen) atoms. The van der Waals surface area contributed by atoms with Crippen molar-refractivity contribution in [3.8, 4) is 0 Å². The molecule has 0 aromatic carbocycles. The Morgan fingerprint density at radius 3 is 2.83 bits per heavy atom. The molecule has 0 amide bonds. The molecule has 0 aliphatic rings. The Morgan fingerprint density at radius 2 is 2.33 bits per heavy atom. The molecule has 1 heterocycles. The van der Waals surface area contributed by atoms with Crippen molar-refractivity contribution in [2.45, 2.75) is 32.4 Å². The summed E-state index contributed by atoms with van der Waals surface area (Å²) in [5.74, 6) is 1.34. The average Bonchev–Trinajstić information content (AvgIpc) is 2.52. The van der Waals surface area contributed by atoms with Crippen LogP contribution in [0.1, 0.15) is 37.3 Å². The van der Waals surface area contributed by atoms with E-state index in [1.54, 1.807) is 6.07 Å². The number of rotatable bonds is 4. The maximum Gasteiger partial charge on any atom is 0.129 e. The van der Waals surface area contributed by atoms with Crippen molar-refractivity contribution in [1.29, 1.82) is 0 Å². The Labute approximate surface area is 72.2 Å². The predicted octanol–water partition coefficient (Wildman–Crippen LogP) is 1.57. The van der Waals surface area contributed by atoms with E-state index in [0.29, 0.717) is 5.76 Å². The summed E-state index contributed by atoms with van der Waals surface area (Å²) in [7, 11) is 0. The second-order valence-corrected chi connectivity index (χ2v) is 2.86. The van der Waals surface area contributed by atoms with Crippen LogP contribution in [0.4, 0.5) is 0 Å². The van der Waals surface area contributed by atoms with Gasteiger partial charge in [0, 0.05) is 0 Å². The lowest BCUT2D eigenvalue weighted by Gasteiger charge is -2.05. The fraction of sp³-hybridized carbons (Fsp3) is 0.556. The number of aliphatic hydroxyl groups excluding tert-OH is 1. The molecule has 3 N–H and O–H groups in total. The van der Waals surface area contributed by atoms with Gasteiger partial charge in [-0.3, -0.25) is 0 Å². The molecule has 0 bridgehead atoms. The van der Waals surface area contributed by atoms with Crippen LogP contribution in [0.15, 0.2) is 16.5 Å². The monoisotopic (exact) mass is 169 g/mol. The number of furan rings is 1. The van der Waals surface area contributed by atoms with Gasteiger partial charge in [-0.1, -0.05) is 13.3 Å². The second-order valence-electron chi connectivity index (χ2n) is 2.86. The Balaban J connectivity index is 2.61. The van der Waals surface area contributed by atoms with Gasteiger partial charge in [0.15, 0.2) is 0 Å². The molecule has 0 saturated heterocycles. The van der Waals surface area contributed by atoms with E-state index in [0.717, 1.165) is 18.6 Å². The lowest BCUT2D eigenvalue weighted by Crippen LogP contribution is -2.08. The third-order valence-electron chi connectivity index (χ3n) is 1.80. The molecule has 1 atom stereocenters. The Hall–Kier alpha value is -0.800. The van der Waals surface area contributed by atoms with E-state index >= 15 is 0 Å². The molecule has 1 rings (SSSR count). The van der Waals surface area contributed by atoms with Gasteiger partial charge in [-0.2, -0.15) is 0 Å². The van der Waals surface area contributed by atoms with Crippen LogP contribution in [-0.2, 0) is 6.61 Å². The van der Waals surface area contributed by atoms with Crippen LogP contribution < -0.4 is 5.73 Å². The van der Waals surface area contributed by atoms with Gasteiger partial charge in [0.1, 0.15) is 18.1 Å². The summed E-state index contributed by atoms with van der Waals surface area (Å²) < 4.78 is 5.27. The average molecular weight is 169 g/mol. The maximum atomic E-state index is 8.73. The lowest BCUT2D eigenvalue weighted by molar-refractivity contribution is 0.241. The van der Waals surface area contributed by atoms with E-state index in [-0.39, 0.29) is 12.6 Å². The minimum absolute atomic E-state index is 0.0321. The number of aliphatic hydroxyl groups is 1. The molecule has 68 valence electrons. The van der Waals surface area contributed by atoms with Crippen molar-refractivity contribution in [2.75, 3.05) is 0 Å². The molecule has 1 unspecified atom stereocenters. The molecule has 3 nitrogen and oxygen atoms in total. The van der Waals surface area contributed by atoms with Crippen LogP contribution >= 0.6 is 0 Å². The fourth-order valence-electron chi connectivity index (χ4n) is 1.13. The van der Waals surface area contributed by atoms with Crippen LogP contribution in [0.25, 0.3) is 0 Å². The van der Waals surface area contributed by atoms with Gasteiger partial charge in [0.2, 0.25) is 0 Å². The highest BCUT2D eigenvalue weighted by atomic mass is 16.4. The number of hydrogen-bond acceptors (Lipinski definition) is 3. The Bertz CT molecular complexity index is 232. The topological polar surface area (TPSA) is 59.4 Å². The molecule has 3 heteroatoms. The normalized spacial score (nSPS) is 13.2. The maximum absolute atomic E-state index is 8.73. The summed E-state index contributed by atoms with van der Waals surface area (Å²) in [6.45, 7) is 2.02. The van der Waals surface area contributed by atoms with Crippen molar-refractivity contribution < 1.29 is 9.52 Å². The van der Waals surface area contributed by atoms with E-state index in [9.17, 15) is 0 Å². The van der Waals surface area contributed by atoms with Gasteiger partial charge in [-0.05, 0) is 18.6 Å². The Morgan fingerprint density at radius 1 is 1.58 bits per heavy atom. The van der Waals surface area contributed by atoms with Crippen LogP contribution in [0.2, 0.25) is 0 Å². The van der Waals surface area contributed by atoms with Crippen molar-refractivity contribution in [1.82, 2.24) is 0 Å². The summed E-state index contributed by atoms with van der Waals surface area (Å²) in [6.07, 6.45) is 1.95. The first-order valence-corrected chi connectivity index (χ1v) is 4.23. The second kappa shape index (κ2) is 4.28. The summed E-state index contributed by atoms with van der Waals surface area (Å²) in [5, 5.41) is 8.73. The molecule has 0 aliphatic heterocycles. The highest BCUT2D eigenvalue weighted by molar-refractivity contribution is 5.09. The van der Waals surface area contributed by atoms with Crippen LogP contribution in [0.3, 0.4) is 0 Å². The molecule has 0 aliphatic carbocycles. The van der Waals surface area contributed by atoms with Gasteiger partial charge in [0.05, 0.1) is 6.04 Å². The van der Waals surface area contributed by atoms with Gasteiger partial charge >= 0.3 is 0 Å². The van der Waals surface area contributed by atoms with E-state index in [1.807, 2.05) is 6.07 Å². The minimum atomic E-state index is -0.0567. The first-order chi connectivity index (χ1) is 5.77. The first kappa shape index (κ1) is 9.29. The van der Waals surface area contributed by atoms with Gasteiger partial charge in [-0.25, -0.2) is 0 Å². The van der Waals surface area contributed by atoms with Crippen LogP contribution in [0.5, 0.6) is 0 Å². The zero-order valence-electron chi connectivity index (χ0n) is 7.29. The quantitative estimate of drug-likeness (QED) is 0.719. The number of nitrogens with two attached hydrogens (primary N) is 1. The minimum Gasteiger partial charge on any atom is -0.462 e. The molecule has 1 aromatic rings. The molecule has 0 fully saturated rings. The van der Waals surface area contributed by atoms with E-state index in [1.165, 1.54) is 0 Å². The largest absolute Gasteiger partial charge is 0.462 e. The molecule has 0 spiro atoms. The molecule has 1 aromatic heterocycles. The summed E-state index contributed by atoms with van der Waals surface area (Å²) in [6, 6.07) is 3.55.